The van der Waals surface area contributed by atoms with Crippen molar-refractivity contribution in [3.63, 3.8) is 0 Å². The molecule has 116 valence electrons. The number of esters is 1. The first-order chi connectivity index (χ1) is 10.5. The maximum atomic E-state index is 13.8. The molecule has 1 aromatic carbocycles. The van der Waals surface area contributed by atoms with E-state index in [-0.39, 0.29) is 29.1 Å². The van der Waals surface area contributed by atoms with Gasteiger partial charge in [0.1, 0.15) is 5.82 Å². The van der Waals surface area contributed by atoms with Gasteiger partial charge in [-0.05, 0) is 37.8 Å². The zero-order chi connectivity index (χ0) is 15.9. The molecule has 1 aliphatic heterocycles. The number of methoxy groups -OCH3 is 1. The summed E-state index contributed by atoms with van der Waals surface area (Å²) in [6, 6.07) is 3.80. The second kappa shape index (κ2) is 5.51. The van der Waals surface area contributed by atoms with E-state index < -0.39 is 17.6 Å². The van der Waals surface area contributed by atoms with E-state index in [0.29, 0.717) is 25.7 Å². The largest absolute Gasteiger partial charge is 0.469 e. The summed E-state index contributed by atoms with van der Waals surface area (Å²) in [6.07, 6.45) is 2.19. The predicted molar refractivity (Wildman–Crippen MR) is 74.7 cm³/mol. The average Bonchev–Trinajstić information content (AvgIpc) is 2.79. The summed E-state index contributed by atoms with van der Waals surface area (Å²) in [5, 5.41) is 0. The minimum atomic E-state index is -0.665. The van der Waals surface area contributed by atoms with Crippen LogP contribution in [0, 0.1) is 11.7 Å². The van der Waals surface area contributed by atoms with Crippen molar-refractivity contribution in [2.45, 2.75) is 31.7 Å². The van der Waals surface area contributed by atoms with Gasteiger partial charge < -0.3 is 4.74 Å². The smallest absolute Gasteiger partial charge is 0.308 e. The van der Waals surface area contributed by atoms with Gasteiger partial charge in [0.2, 0.25) is 0 Å². The molecule has 1 fully saturated rings. The average molecular weight is 305 g/mol. The Balaban J connectivity index is 1.78. The van der Waals surface area contributed by atoms with E-state index in [9.17, 15) is 18.8 Å². The van der Waals surface area contributed by atoms with E-state index in [1.165, 1.54) is 25.3 Å². The number of nitrogens with zero attached hydrogens (tertiary/aromatic N) is 1. The minimum absolute atomic E-state index is 0.125. The number of ether oxygens (including phenoxy) is 1. The van der Waals surface area contributed by atoms with Gasteiger partial charge in [-0.3, -0.25) is 19.3 Å². The summed E-state index contributed by atoms with van der Waals surface area (Å²) < 4.78 is 18.5. The lowest BCUT2D eigenvalue weighted by Gasteiger charge is -2.32. The molecule has 0 radical (unpaired) electrons. The molecule has 0 bridgehead atoms. The van der Waals surface area contributed by atoms with Gasteiger partial charge >= 0.3 is 5.97 Å². The molecular weight excluding hydrogens is 289 g/mol. The molecule has 0 unspecified atom stereocenters. The number of hydrogen-bond acceptors (Lipinski definition) is 4. The molecule has 2 amide bonds. The fourth-order valence-corrected chi connectivity index (χ4v) is 3.33. The Bertz CT molecular complexity index is 650. The Hall–Kier alpha value is -2.24. The van der Waals surface area contributed by atoms with E-state index >= 15 is 0 Å². The van der Waals surface area contributed by atoms with Crippen molar-refractivity contribution in [3.8, 4) is 0 Å². The number of amides is 2. The van der Waals surface area contributed by atoms with E-state index in [1.807, 2.05) is 0 Å². The molecule has 1 aromatic rings. The Morgan fingerprint density at radius 1 is 1.18 bits per heavy atom. The summed E-state index contributed by atoms with van der Waals surface area (Å²) in [4.78, 5) is 37.4. The molecule has 0 spiro atoms. The summed E-state index contributed by atoms with van der Waals surface area (Å²) in [7, 11) is 1.35. The first kappa shape index (κ1) is 14.7. The van der Waals surface area contributed by atoms with E-state index in [2.05, 4.69) is 0 Å². The third-order valence-electron chi connectivity index (χ3n) is 4.49. The van der Waals surface area contributed by atoms with Gasteiger partial charge in [-0.1, -0.05) is 6.07 Å². The van der Waals surface area contributed by atoms with Gasteiger partial charge in [-0.15, -0.1) is 0 Å². The molecule has 22 heavy (non-hydrogen) atoms. The second-order valence-electron chi connectivity index (χ2n) is 5.67. The van der Waals surface area contributed by atoms with Crippen LogP contribution in [0.3, 0.4) is 0 Å². The SMILES string of the molecule is COC(=O)C1CCC(N2C(=O)c3cccc(F)c3C2=O)CC1. The molecule has 0 saturated heterocycles. The van der Waals surface area contributed by atoms with E-state index in [1.54, 1.807) is 0 Å². The topological polar surface area (TPSA) is 63.7 Å². The summed E-state index contributed by atoms with van der Waals surface area (Å²) in [5.74, 6) is -2.12. The van der Waals surface area contributed by atoms with Crippen LogP contribution in [-0.2, 0) is 9.53 Å². The monoisotopic (exact) mass is 305 g/mol. The van der Waals surface area contributed by atoms with Crippen LogP contribution in [0.25, 0.3) is 0 Å². The van der Waals surface area contributed by atoms with E-state index in [4.69, 9.17) is 4.74 Å². The summed E-state index contributed by atoms with van der Waals surface area (Å²) >= 11 is 0. The molecule has 0 atom stereocenters. The number of imide groups is 1. The van der Waals surface area contributed by atoms with Gasteiger partial charge in [-0.25, -0.2) is 4.39 Å². The molecule has 5 nitrogen and oxygen atoms in total. The minimum Gasteiger partial charge on any atom is -0.469 e. The highest BCUT2D eigenvalue weighted by atomic mass is 19.1. The zero-order valence-electron chi connectivity index (χ0n) is 12.2. The fourth-order valence-electron chi connectivity index (χ4n) is 3.33. The predicted octanol–water partition coefficient (Wildman–Crippen LogP) is 2.15. The van der Waals surface area contributed by atoms with Crippen molar-refractivity contribution in [2.24, 2.45) is 5.92 Å². The first-order valence-electron chi connectivity index (χ1n) is 7.28. The highest BCUT2D eigenvalue weighted by molar-refractivity contribution is 6.21. The van der Waals surface area contributed by atoms with Gasteiger partial charge in [0.25, 0.3) is 11.8 Å². The van der Waals surface area contributed by atoms with Crippen LogP contribution in [0.2, 0.25) is 0 Å². The van der Waals surface area contributed by atoms with Gasteiger partial charge in [0.15, 0.2) is 0 Å². The van der Waals surface area contributed by atoms with Crippen LogP contribution in [0.1, 0.15) is 46.4 Å². The van der Waals surface area contributed by atoms with Gasteiger partial charge in [-0.2, -0.15) is 0 Å². The maximum absolute atomic E-state index is 13.8. The molecule has 2 aliphatic rings. The van der Waals surface area contributed by atoms with Crippen molar-refractivity contribution >= 4 is 17.8 Å². The Morgan fingerprint density at radius 2 is 1.86 bits per heavy atom. The molecule has 1 aliphatic carbocycles. The Morgan fingerprint density at radius 3 is 2.45 bits per heavy atom. The summed E-state index contributed by atoms with van der Waals surface area (Å²) in [6.45, 7) is 0. The molecular formula is C16H16FNO4. The number of hydrogen-bond donors (Lipinski definition) is 0. The number of benzene rings is 1. The normalized spacial score (nSPS) is 24.4. The molecule has 1 saturated carbocycles. The van der Waals surface area contributed by atoms with Crippen molar-refractivity contribution in [2.75, 3.05) is 7.11 Å². The lowest BCUT2D eigenvalue weighted by atomic mass is 9.85. The highest BCUT2D eigenvalue weighted by Gasteiger charge is 2.43. The molecule has 0 N–H and O–H groups in total. The first-order valence-corrected chi connectivity index (χ1v) is 7.28. The van der Waals surface area contributed by atoms with Crippen LogP contribution in [0.4, 0.5) is 4.39 Å². The van der Waals surface area contributed by atoms with Crippen LogP contribution in [0.15, 0.2) is 18.2 Å². The van der Waals surface area contributed by atoms with Crippen molar-refractivity contribution < 1.29 is 23.5 Å². The van der Waals surface area contributed by atoms with Crippen LogP contribution < -0.4 is 0 Å². The van der Waals surface area contributed by atoms with Crippen LogP contribution in [-0.4, -0.2) is 35.8 Å². The number of fused-ring (bicyclic) bond motifs is 1. The van der Waals surface area contributed by atoms with Crippen LogP contribution >= 0.6 is 0 Å². The highest BCUT2D eigenvalue weighted by Crippen LogP contribution is 2.34. The standard InChI is InChI=1S/C16H16FNO4/c1-22-16(21)9-5-7-10(8-6-9)18-14(19)11-3-2-4-12(17)13(11)15(18)20/h2-4,9-10H,5-8H2,1H3. The van der Waals surface area contributed by atoms with Gasteiger partial charge in [0, 0.05) is 6.04 Å². The van der Waals surface area contributed by atoms with Crippen molar-refractivity contribution in [3.05, 3.63) is 35.1 Å². The van der Waals surface area contributed by atoms with Crippen molar-refractivity contribution in [1.82, 2.24) is 4.90 Å². The molecule has 3 rings (SSSR count). The number of rotatable bonds is 2. The fraction of sp³-hybridized carbons (Fsp3) is 0.438. The molecule has 6 heteroatoms. The maximum Gasteiger partial charge on any atom is 0.308 e. The van der Waals surface area contributed by atoms with Crippen LogP contribution in [0.5, 0.6) is 0 Å². The van der Waals surface area contributed by atoms with Crippen molar-refractivity contribution in [1.29, 1.82) is 0 Å². The second-order valence-corrected chi connectivity index (χ2v) is 5.67. The zero-order valence-corrected chi connectivity index (χ0v) is 12.2. The quantitative estimate of drug-likeness (QED) is 0.620. The number of carbonyl (C=O) groups excluding carboxylic acids is 3. The molecule has 0 aromatic heterocycles. The number of carbonyl (C=O) groups is 3. The van der Waals surface area contributed by atoms with E-state index in [0.717, 1.165) is 4.90 Å². The lowest BCUT2D eigenvalue weighted by molar-refractivity contribution is -0.146. The summed E-state index contributed by atoms with van der Waals surface area (Å²) in [5.41, 5.74) is -0.0114. The third kappa shape index (κ3) is 2.19. The third-order valence-corrected chi connectivity index (χ3v) is 4.49. The van der Waals surface area contributed by atoms with Gasteiger partial charge in [0.05, 0.1) is 24.2 Å². The number of halogens is 1. The Kier molecular flexibility index (Phi) is 3.68. The Labute approximate surface area is 127 Å². The molecule has 1 heterocycles. The lowest BCUT2D eigenvalue weighted by Crippen LogP contribution is -2.42.